The molecule has 1 atom stereocenters. The third-order valence-corrected chi connectivity index (χ3v) is 2.99. The minimum Gasteiger partial charge on any atom is -0.479 e. The number of halogens is 1. The Labute approximate surface area is 113 Å². The van der Waals surface area contributed by atoms with E-state index in [9.17, 15) is 4.79 Å². The van der Waals surface area contributed by atoms with Gasteiger partial charge in [0.05, 0.1) is 0 Å². The van der Waals surface area contributed by atoms with Crippen LogP contribution in [0.15, 0.2) is 18.2 Å². The maximum Gasteiger partial charge on any atom is 0.344 e. The molecule has 0 heterocycles. The first-order valence-corrected chi connectivity index (χ1v) is 6.58. The molecule has 0 saturated heterocycles. The van der Waals surface area contributed by atoms with E-state index in [0.29, 0.717) is 17.2 Å². The number of rotatable bonds is 7. The second-order valence-electron chi connectivity index (χ2n) is 4.35. The number of hydrogen-bond donors (Lipinski definition) is 1. The first-order valence-electron chi connectivity index (χ1n) is 6.20. The molecule has 0 aromatic heterocycles. The van der Waals surface area contributed by atoms with E-state index >= 15 is 0 Å². The third-order valence-electron chi connectivity index (χ3n) is 2.75. The first-order chi connectivity index (χ1) is 8.54. The average Bonchev–Trinajstić information content (AvgIpc) is 2.30. The summed E-state index contributed by atoms with van der Waals surface area (Å²) in [5.41, 5.74) is 0.851. The third kappa shape index (κ3) is 4.57. The van der Waals surface area contributed by atoms with Gasteiger partial charge in [-0.2, -0.15) is 0 Å². The van der Waals surface area contributed by atoms with Gasteiger partial charge < -0.3 is 9.84 Å². The minimum absolute atomic E-state index is 0.533. The van der Waals surface area contributed by atoms with Gasteiger partial charge in [-0.05, 0) is 43.5 Å². The fourth-order valence-corrected chi connectivity index (χ4v) is 1.94. The second kappa shape index (κ2) is 7.27. The van der Waals surface area contributed by atoms with Gasteiger partial charge in [-0.15, -0.1) is 0 Å². The number of ether oxygens (including phenoxy) is 1. The second-order valence-corrected chi connectivity index (χ2v) is 4.79. The van der Waals surface area contributed by atoms with Crippen LogP contribution in [0.2, 0.25) is 5.02 Å². The molecule has 1 rings (SSSR count). The molecule has 0 aliphatic rings. The van der Waals surface area contributed by atoms with Crippen LogP contribution in [0.4, 0.5) is 0 Å². The summed E-state index contributed by atoms with van der Waals surface area (Å²) in [7, 11) is 0. The predicted octanol–water partition coefficient (Wildman–Crippen LogP) is 4.06. The van der Waals surface area contributed by atoms with Crippen molar-refractivity contribution >= 4 is 17.6 Å². The monoisotopic (exact) mass is 270 g/mol. The van der Waals surface area contributed by atoms with E-state index in [1.807, 2.05) is 6.92 Å². The molecule has 0 bridgehead atoms. The van der Waals surface area contributed by atoms with Crippen LogP contribution < -0.4 is 4.74 Å². The summed E-state index contributed by atoms with van der Waals surface area (Å²) in [6.45, 7) is 3.94. The van der Waals surface area contributed by atoms with Gasteiger partial charge in [0.2, 0.25) is 0 Å². The molecule has 0 saturated carbocycles. The van der Waals surface area contributed by atoms with Gasteiger partial charge >= 0.3 is 5.97 Å². The number of carboxylic acid groups (broad SMARTS) is 1. The van der Waals surface area contributed by atoms with Crippen molar-refractivity contribution in [1.29, 1.82) is 0 Å². The number of carboxylic acids is 1. The molecular formula is C14H19ClO3. The van der Waals surface area contributed by atoms with Crippen molar-refractivity contribution in [3.8, 4) is 5.75 Å². The minimum atomic E-state index is -0.916. The van der Waals surface area contributed by atoms with Crippen LogP contribution in [-0.2, 0) is 4.79 Å². The zero-order chi connectivity index (χ0) is 13.5. The maximum absolute atomic E-state index is 11.1. The van der Waals surface area contributed by atoms with E-state index in [2.05, 4.69) is 6.92 Å². The molecule has 0 fully saturated rings. The van der Waals surface area contributed by atoms with Crippen molar-refractivity contribution in [3.05, 3.63) is 28.8 Å². The van der Waals surface area contributed by atoms with Crippen molar-refractivity contribution in [2.24, 2.45) is 0 Å². The van der Waals surface area contributed by atoms with Gasteiger partial charge in [-0.25, -0.2) is 4.79 Å². The fraction of sp³-hybridized carbons (Fsp3) is 0.500. The molecular weight excluding hydrogens is 252 g/mol. The van der Waals surface area contributed by atoms with Gasteiger partial charge in [0.25, 0.3) is 0 Å². The molecule has 1 N–H and O–H groups in total. The highest BCUT2D eigenvalue weighted by Gasteiger charge is 2.19. The van der Waals surface area contributed by atoms with Crippen molar-refractivity contribution in [2.75, 3.05) is 0 Å². The predicted molar refractivity (Wildman–Crippen MR) is 72.4 cm³/mol. The summed E-state index contributed by atoms with van der Waals surface area (Å²) in [5.74, 6) is -0.330. The molecule has 0 amide bonds. The zero-order valence-corrected chi connectivity index (χ0v) is 11.5. The lowest BCUT2D eigenvalue weighted by atomic mass is 10.1. The fourth-order valence-electron chi connectivity index (χ4n) is 1.71. The Morgan fingerprint density at radius 1 is 1.44 bits per heavy atom. The highest BCUT2D eigenvalue weighted by Crippen LogP contribution is 2.24. The zero-order valence-electron chi connectivity index (χ0n) is 10.8. The molecule has 18 heavy (non-hydrogen) atoms. The maximum atomic E-state index is 11.1. The van der Waals surface area contributed by atoms with Crippen LogP contribution in [0, 0.1) is 6.92 Å². The Morgan fingerprint density at radius 3 is 2.72 bits per heavy atom. The molecule has 0 radical (unpaired) electrons. The molecule has 1 unspecified atom stereocenters. The first kappa shape index (κ1) is 14.8. The Morgan fingerprint density at radius 2 is 2.17 bits per heavy atom. The molecule has 0 aliphatic carbocycles. The summed E-state index contributed by atoms with van der Waals surface area (Å²) >= 11 is 5.85. The van der Waals surface area contributed by atoms with E-state index in [4.69, 9.17) is 21.4 Å². The number of aliphatic carboxylic acids is 1. The number of aryl methyl sites for hydroxylation is 1. The van der Waals surface area contributed by atoms with Crippen molar-refractivity contribution in [3.63, 3.8) is 0 Å². The molecule has 0 spiro atoms. The largest absolute Gasteiger partial charge is 0.479 e. The van der Waals surface area contributed by atoms with Crippen molar-refractivity contribution < 1.29 is 14.6 Å². The normalized spacial score (nSPS) is 12.2. The van der Waals surface area contributed by atoms with Crippen LogP contribution in [0.25, 0.3) is 0 Å². The summed E-state index contributed by atoms with van der Waals surface area (Å²) in [6, 6.07) is 5.18. The van der Waals surface area contributed by atoms with E-state index < -0.39 is 12.1 Å². The lowest BCUT2D eigenvalue weighted by Gasteiger charge is -2.16. The highest BCUT2D eigenvalue weighted by molar-refractivity contribution is 6.30. The Balaban J connectivity index is 2.67. The van der Waals surface area contributed by atoms with Gasteiger partial charge in [-0.1, -0.05) is 31.4 Å². The lowest BCUT2D eigenvalue weighted by molar-refractivity contribution is -0.145. The topological polar surface area (TPSA) is 46.5 Å². The molecule has 1 aromatic rings. The van der Waals surface area contributed by atoms with Crippen LogP contribution in [-0.4, -0.2) is 17.2 Å². The number of hydrogen-bond acceptors (Lipinski definition) is 2. The van der Waals surface area contributed by atoms with Gasteiger partial charge in [0.15, 0.2) is 6.10 Å². The summed E-state index contributed by atoms with van der Waals surface area (Å²) < 4.78 is 5.55. The lowest BCUT2D eigenvalue weighted by Crippen LogP contribution is -2.27. The number of carbonyl (C=O) groups is 1. The van der Waals surface area contributed by atoms with Gasteiger partial charge in [0.1, 0.15) is 5.75 Å². The van der Waals surface area contributed by atoms with Crippen LogP contribution in [0.1, 0.15) is 38.2 Å². The Kier molecular flexibility index (Phi) is 5.99. The molecule has 4 heteroatoms. The summed E-state index contributed by atoms with van der Waals surface area (Å²) in [6.07, 6.45) is 2.70. The number of benzene rings is 1. The SMILES string of the molecule is CCCCCC(Oc1ccc(Cl)cc1C)C(=O)O. The quantitative estimate of drug-likeness (QED) is 0.760. The molecule has 3 nitrogen and oxygen atoms in total. The van der Waals surface area contributed by atoms with Crippen LogP contribution in [0.5, 0.6) is 5.75 Å². The standard InChI is InChI=1S/C14H19ClO3/c1-3-4-5-6-13(14(16)17)18-12-8-7-11(15)9-10(12)2/h7-9,13H,3-6H2,1-2H3,(H,16,17). The smallest absolute Gasteiger partial charge is 0.344 e. The van der Waals surface area contributed by atoms with Crippen LogP contribution in [0.3, 0.4) is 0 Å². The van der Waals surface area contributed by atoms with E-state index in [-0.39, 0.29) is 0 Å². The van der Waals surface area contributed by atoms with E-state index in [1.54, 1.807) is 18.2 Å². The molecule has 1 aromatic carbocycles. The number of unbranched alkanes of at least 4 members (excludes halogenated alkanes) is 2. The summed E-state index contributed by atoms with van der Waals surface area (Å²) in [4.78, 5) is 11.1. The van der Waals surface area contributed by atoms with E-state index in [0.717, 1.165) is 24.8 Å². The molecule has 0 aliphatic heterocycles. The van der Waals surface area contributed by atoms with E-state index in [1.165, 1.54) is 0 Å². The van der Waals surface area contributed by atoms with Gasteiger partial charge in [0, 0.05) is 5.02 Å². The Bertz CT molecular complexity index is 404. The van der Waals surface area contributed by atoms with Crippen molar-refractivity contribution in [1.82, 2.24) is 0 Å². The molecule has 100 valence electrons. The highest BCUT2D eigenvalue weighted by atomic mass is 35.5. The van der Waals surface area contributed by atoms with Gasteiger partial charge in [-0.3, -0.25) is 0 Å². The van der Waals surface area contributed by atoms with Crippen LogP contribution >= 0.6 is 11.6 Å². The van der Waals surface area contributed by atoms with Crippen molar-refractivity contribution in [2.45, 2.75) is 45.6 Å². The summed E-state index contributed by atoms with van der Waals surface area (Å²) in [5, 5.41) is 9.75. The Hall–Kier alpha value is -1.22. The average molecular weight is 271 g/mol.